The van der Waals surface area contributed by atoms with E-state index in [2.05, 4.69) is 49.8 Å². The molecule has 0 spiro atoms. The number of hydrogen-bond donors (Lipinski definition) is 1. The number of hydrogen-bond acceptors (Lipinski definition) is 5. The van der Waals surface area contributed by atoms with E-state index in [4.69, 9.17) is 4.74 Å². The number of carbonyl (C=O) groups is 2. The summed E-state index contributed by atoms with van der Waals surface area (Å²) in [7, 11) is 2.18. The molecule has 43 heavy (non-hydrogen) atoms. The number of carboxylic acid groups (broad SMARTS) is 1. The van der Waals surface area contributed by atoms with Gasteiger partial charge in [0.1, 0.15) is 11.7 Å². The fourth-order valence-electron chi connectivity index (χ4n) is 12.4. The first-order valence-electron chi connectivity index (χ1n) is 17.3. The van der Waals surface area contributed by atoms with E-state index in [1.165, 1.54) is 37.7 Å². The van der Waals surface area contributed by atoms with E-state index in [0.717, 1.165) is 50.6 Å². The van der Waals surface area contributed by atoms with Crippen LogP contribution in [0.4, 0.5) is 0 Å². The summed E-state index contributed by atoms with van der Waals surface area (Å²) in [6, 6.07) is 4.13. The SMILES string of the molecule is CC(C)C1=CC2CC3(C=O)[C@@H]4CC[C@@H](C)[C@H]4CC2([C@H]2C[C@@H](C4CCCCC4)[C@H](CN(C)Cc4cccnc4)O2)[C@]13C(=O)O. The summed E-state index contributed by atoms with van der Waals surface area (Å²) in [4.78, 5) is 34.3. The van der Waals surface area contributed by atoms with E-state index in [9.17, 15) is 14.7 Å². The van der Waals surface area contributed by atoms with Crippen LogP contribution in [0.2, 0.25) is 0 Å². The molecule has 0 radical (unpaired) electrons. The fourth-order valence-corrected chi connectivity index (χ4v) is 12.4. The Bertz CT molecular complexity index is 1260. The number of allylic oxidation sites excluding steroid dienone is 1. The number of rotatable bonds is 9. The van der Waals surface area contributed by atoms with Crippen LogP contribution < -0.4 is 0 Å². The van der Waals surface area contributed by atoms with Crippen LogP contribution in [0.15, 0.2) is 36.2 Å². The Kier molecular flexibility index (Phi) is 7.44. The molecule has 6 nitrogen and oxygen atoms in total. The molecule has 1 saturated heterocycles. The maximum absolute atomic E-state index is 14.1. The molecule has 234 valence electrons. The maximum Gasteiger partial charge on any atom is 0.315 e. The molecule has 0 amide bonds. The number of aromatic nitrogens is 1. The Morgan fingerprint density at radius 2 is 1.95 bits per heavy atom. The van der Waals surface area contributed by atoms with Crippen molar-refractivity contribution in [3.8, 4) is 0 Å². The standard InChI is InChI=1S/C37H52N2O4/c1-23(2)31-15-27-17-35(22-40)30-13-12-24(3)29(30)18-36(27,37(31,35)34(41)42)33-16-28(26-10-6-5-7-11-26)32(43-33)21-39(4)20-25-9-8-14-38-19-25/h8-9,14-15,19,22-24,26-30,32-33H,5-7,10-13,16-18,20-21H2,1-4H3,(H,41,42)/t24-,27?,28+,29-,30-,32+,33-,35?,36?,37+/m1/s1. The van der Waals surface area contributed by atoms with Crippen molar-refractivity contribution in [1.29, 1.82) is 0 Å². The van der Waals surface area contributed by atoms with Crippen molar-refractivity contribution in [2.75, 3.05) is 13.6 Å². The van der Waals surface area contributed by atoms with Gasteiger partial charge in [0.15, 0.2) is 0 Å². The third-order valence-corrected chi connectivity index (χ3v) is 13.8. The second-order valence-corrected chi connectivity index (χ2v) is 15.9. The van der Waals surface area contributed by atoms with Crippen LogP contribution in [-0.4, -0.2) is 53.0 Å². The van der Waals surface area contributed by atoms with Crippen LogP contribution in [0.1, 0.15) is 90.5 Å². The normalized spacial score (nSPS) is 43.8. The molecule has 10 atom stereocenters. The van der Waals surface area contributed by atoms with Gasteiger partial charge in [0.2, 0.25) is 0 Å². The van der Waals surface area contributed by atoms with Crippen molar-refractivity contribution in [2.45, 2.75) is 104 Å². The number of pyridine rings is 1. The highest BCUT2D eigenvalue weighted by molar-refractivity contribution is 5.90. The zero-order valence-corrected chi connectivity index (χ0v) is 26.7. The van der Waals surface area contributed by atoms with Crippen LogP contribution in [-0.2, 0) is 20.9 Å². The number of nitrogens with zero attached hydrogens (tertiary/aromatic N) is 2. The van der Waals surface area contributed by atoms with Gasteiger partial charge in [0.05, 0.1) is 17.6 Å². The fraction of sp³-hybridized carbons (Fsp3) is 0.757. The van der Waals surface area contributed by atoms with E-state index in [-0.39, 0.29) is 30.0 Å². The monoisotopic (exact) mass is 588 g/mol. The summed E-state index contributed by atoms with van der Waals surface area (Å²) in [5.74, 6) is 1.55. The molecular weight excluding hydrogens is 536 g/mol. The first-order valence-corrected chi connectivity index (χ1v) is 17.3. The van der Waals surface area contributed by atoms with E-state index < -0.39 is 22.2 Å². The summed E-state index contributed by atoms with van der Waals surface area (Å²) in [5.41, 5.74) is -0.325. The number of ether oxygens (including phenoxy) is 1. The van der Waals surface area contributed by atoms with Crippen molar-refractivity contribution in [1.82, 2.24) is 9.88 Å². The number of fused-ring (bicyclic) bond motifs is 2. The minimum atomic E-state index is -1.16. The highest BCUT2D eigenvalue weighted by atomic mass is 16.5. The second-order valence-electron chi connectivity index (χ2n) is 15.9. The molecule has 3 unspecified atom stereocenters. The Hall–Kier alpha value is -2.05. The van der Waals surface area contributed by atoms with Gasteiger partial charge in [-0.05, 0) is 85.8 Å². The zero-order chi connectivity index (χ0) is 30.1. The Morgan fingerprint density at radius 3 is 2.63 bits per heavy atom. The lowest BCUT2D eigenvalue weighted by Gasteiger charge is -2.60. The topological polar surface area (TPSA) is 79.7 Å². The molecule has 1 N–H and O–H groups in total. The lowest BCUT2D eigenvalue weighted by Crippen LogP contribution is -2.65. The van der Waals surface area contributed by atoms with Gasteiger partial charge in [0, 0.05) is 30.9 Å². The number of likely N-dealkylation sites (N-methyl/N-ethyl adjacent to an activating group) is 1. The third kappa shape index (κ3) is 4.00. The third-order valence-electron chi connectivity index (χ3n) is 13.8. The number of aldehydes is 1. The van der Waals surface area contributed by atoms with Gasteiger partial charge >= 0.3 is 5.97 Å². The Balaban J connectivity index is 1.29. The largest absolute Gasteiger partial charge is 0.481 e. The molecule has 4 bridgehead atoms. The molecule has 6 heteroatoms. The second kappa shape index (κ2) is 10.8. The number of aliphatic carboxylic acids is 1. The first-order chi connectivity index (χ1) is 20.7. The minimum Gasteiger partial charge on any atom is -0.481 e. The summed E-state index contributed by atoms with van der Waals surface area (Å²) >= 11 is 0. The van der Waals surface area contributed by atoms with Crippen LogP contribution in [0.25, 0.3) is 0 Å². The van der Waals surface area contributed by atoms with Crippen LogP contribution in [0.3, 0.4) is 0 Å². The van der Waals surface area contributed by atoms with Crippen LogP contribution in [0, 0.1) is 57.7 Å². The molecule has 5 fully saturated rings. The van der Waals surface area contributed by atoms with Crippen LogP contribution in [0.5, 0.6) is 0 Å². The van der Waals surface area contributed by atoms with Crippen LogP contribution >= 0.6 is 0 Å². The molecule has 2 heterocycles. The van der Waals surface area contributed by atoms with Crippen molar-refractivity contribution < 1.29 is 19.4 Å². The van der Waals surface area contributed by atoms with Gasteiger partial charge in [0.25, 0.3) is 0 Å². The summed E-state index contributed by atoms with van der Waals surface area (Å²) in [5, 5.41) is 11.5. The zero-order valence-electron chi connectivity index (χ0n) is 26.7. The van der Waals surface area contributed by atoms with Crippen molar-refractivity contribution in [3.05, 3.63) is 41.7 Å². The van der Waals surface area contributed by atoms with Crippen molar-refractivity contribution >= 4 is 12.3 Å². The van der Waals surface area contributed by atoms with Crippen molar-refractivity contribution in [3.63, 3.8) is 0 Å². The van der Waals surface area contributed by atoms with E-state index in [1.807, 2.05) is 18.5 Å². The van der Waals surface area contributed by atoms with E-state index in [0.29, 0.717) is 30.1 Å². The predicted molar refractivity (Wildman–Crippen MR) is 166 cm³/mol. The molecule has 1 aromatic rings. The minimum absolute atomic E-state index is 0.0712. The Labute approximate surface area is 258 Å². The van der Waals surface area contributed by atoms with Gasteiger partial charge in [-0.1, -0.05) is 77.0 Å². The molecule has 1 aliphatic heterocycles. The molecule has 0 aromatic carbocycles. The summed E-state index contributed by atoms with van der Waals surface area (Å²) < 4.78 is 7.38. The molecule has 4 saturated carbocycles. The molecule has 1 aromatic heterocycles. The van der Waals surface area contributed by atoms with Gasteiger partial charge in [-0.15, -0.1) is 0 Å². The van der Waals surface area contributed by atoms with Gasteiger partial charge in [-0.2, -0.15) is 0 Å². The lowest BCUT2D eigenvalue weighted by molar-refractivity contribution is -0.197. The van der Waals surface area contributed by atoms with Gasteiger partial charge in [-0.25, -0.2) is 0 Å². The quantitative estimate of drug-likeness (QED) is 0.253. The molecule has 7 rings (SSSR count). The highest BCUT2D eigenvalue weighted by Gasteiger charge is 2.86. The Morgan fingerprint density at radius 1 is 1.16 bits per heavy atom. The van der Waals surface area contributed by atoms with Gasteiger partial charge in [-0.3, -0.25) is 14.7 Å². The maximum atomic E-state index is 14.1. The molecule has 6 aliphatic rings. The number of carbonyl (C=O) groups excluding carboxylic acids is 1. The summed E-state index contributed by atoms with van der Waals surface area (Å²) in [6.45, 7) is 8.29. The molecule has 5 aliphatic carbocycles. The van der Waals surface area contributed by atoms with Gasteiger partial charge < -0.3 is 14.6 Å². The summed E-state index contributed by atoms with van der Waals surface area (Å²) in [6.07, 6.45) is 18.2. The average Bonchev–Trinajstić information content (AvgIpc) is 3.71. The van der Waals surface area contributed by atoms with E-state index in [1.54, 1.807) is 0 Å². The van der Waals surface area contributed by atoms with Crippen molar-refractivity contribution in [2.24, 2.45) is 57.7 Å². The van der Waals surface area contributed by atoms with E-state index >= 15 is 0 Å². The first kappa shape index (κ1) is 29.6. The predicted octanol–water partition coefficient (Wildman–Crippen LogP) is 6.79. The highest BCUT2D eigenvalue weighted by Crippen LogP contribution is 2.84. The molecular formula is C37H52N2O4. The lowest BCUT2D eigenvalue weighted by atomic mass is 9.41. The number of carboxylic acids is 1. The smallest absolute Gasteiger partial charge is 0.315 e. The average molecular weight is 589 g/mol.